The highest BCUT2D eigenvalue weighted by Crippen LogP contribution is 2.26. The first-order chi connectivity index (χ1) is 16.7. The molecule has 176 valence electrons. The van der Waals surface area contributed by atoms with Crippen LogP contribution in [0.4, 0.5) is 0 Å². The van der Waals surface area contributed by atoms with Crippen LogP contribution < -0.4 is 4.74 Å². The number of aldehydes is 1. The summed E-state index contributed by atoms with van der Waals surface area (Å²) in [6.45, 7) is 3.17. The lowest BCUT2D eigenvalue weighted by Crippen LogP contribution is -2.22. The summed E-state index contributed by atoms with van der Waals surface area (Å²) in [5.74, 6) is 0.797. The van der Waals surface area contributed by atoms with Crippen LogP contribution in [0.1, 0.15) is 48.2 Å². The first-order valence-corrected chi connectivity index (χ1v) is 12.0. The molecule has 2 aromatic carbocycles. The molecule has 1 saturated heterocycles. The quantitative estimate of drug-likeness (QED) is 0.362. The van der Waals surface area contributed by atoms with Crippen molar-refractivity contribution in [2.45, 2.75) is 38.7 Å². The van der Waals surface area contributed by atoms with Crippen molar-refractivity contribution in [1.82, 2.24) is 19.5 Å². The van der Waals surface area contributed by atoms with Gasteiger partial charge < -0.3 is 9.64 Å². The largest absolute Gasteiger partial charge is 0.489 e. The van der Waals surface area contributed by atoms with E-state index in [2.05, 4.69) is 22.0 Å². The van der Waals surface area contributed by atoms with E-state index in [9.17, 15) is 4.79 Å². The van der Waals surface area contributed by atoms with Gasteiger partial charge in [0.15, 0.2) is 11.9 Å². The van der Waals surface area contributed by atoms with E-state index in [-0.39, 0.29) is 0 Å². The molecular weight excluding hydrogens is 424 g/mol. The number of ether oxygens (including phenoxy) is 1. The minimum Gasteiger partial charge on any atom is -0.489 e. The van der Waals surface area contributed by atoms with Crippen LogP contribution in [0.5, 0.6) is 5.75 Å². The molecule has 6 heteroatoms. The van der Waals surface area contributed by atoms with Crippen LogP contribution in [-0.2, 0) is 6.61 Å². The second kappa shape index (κ2) is 12.1. The van der Waals surface area contributed by atoms with Crippen LogP contribution in [0.15, 0.2) is 73.1 Å². The molecule has 0 N–H and O–H groups in total. The van der Waals surface area contributed by atoms with Crippen molar-refractivity contribution < 1.29 is 9.53 Å². The number of likely N-dealkylation sites (tertiary alicyclic amines) is 1. The van der Waals surface area contributed by atoms with E-state index >= 15 is 0 Å². The van der Waals surface area contributed by atoms with Gasteiger partial charge in [-0.2, -0.15) is 5.10 Å². The summed E-state index contributed by atoms with van der Waals surface area (Å²) < 4.78 is 7.46. The summed E-state index contributed by atoms with van der Waals surface area (Å²) in [5, 5.41) is 4.28. The lowest BCUT2D eigenvalue weighted by Gasteiger charge is -2.18. The van der Waals surface area contributed by atoms with Crippen LogP contribution >= 0.6 is 0 Å². The van der Waals surface area contributed by atoms with E-state index in [1.165, 1.54) is 45.2 Å². The highest BCUT2D eigenvalue weighted by Gasteiger charge is 2.09. The summed E-state index contributed by atoms with van der Waals surface area (Å²) in [6.07, 6.45) is 11.4. The SMILES string of the molecule is CN1CCCCCCC1.O=Cc1ccn2ncc(-c3ccc(OCc4ccccc4)cc3)c2n1. The Morgan fingerprint density at radius 3 is 2.32 bits per heavy atom. The second-order valence-electron chi connectivity index (χ2n) is 8.67. The first kappa shape index (κ1) is 23.6. The smallest absolute Gasteiger partial charge is 0.168 e. The Balaban J connectivity index is 0.000000257. The van der Waals surface area contributed by atoms with Gasteiger partial charge >= 0.3 is 0 Å². The number of carbonyl (C=O) groups excluding carboxylic acids is 1. The molecule has 5 rings (SSSR count). The Morgan fingerprint density at radius 2 is 1.62 bits per heavy atom. The van der Waals surface area contributed by atoms with Gasteiger partial charge in [-0.1, -0.05) is 61.7 Å². The maximum absolute atomic E-state index is 10.9. The van der Waals surface area contributed by atoms with Crippen LogP contribution in [0.3, 0.4) is 0 Å². The van der Waals surface area contributed by atoms with Gasteiger partial charge in [-0.05, 0) is 62.3 Å². The third-order valence-electron chi connectivity index (χ3n) is 6.00. The van der Waals surface area contributed by atoms with E-state index in [0.717, 1.165) is 28.7 Å². The molecule has 0 atom stereocenters. The maximum atomic E-state index is 10.9. The molecule has 0 spiro atoms. The first-order valence-electron chi connectivity index (χ1n) is 12.0. The maximum Gasteiger partial charge on any atom is 0.168 e. The average molecular weight is 457 g/mol. The minimum absolute atomic E-state index is 0.386. The van der Waals surface area contributed by atoms with Crippen LogP contribution in [0.2, 0.25) is 0 Å². The number of hydrogen-bond donors (Lipinski definition) is 0. The van der Waals surface area contributed by atoms with Crippen molar-refractivity contribution >= 4 is 11.9 Å². The number of benzene rings is 2. The molecule has 1 aliphatic heterocycles. The summed E-state index contributed by atoms with van der Waals surface area (Å²) >= 11 is 0. The number of fused-ring (bicyclic) bond motifs is 1. The molecule has 0 radical (unpaired) electrons. The number of rotatable bonds is 5. The van der Waals surface area contributed by atoms with Gasteiger partial charge in [0, 0.05) is 11.8 Å². The number of aromatic nitrogens is 3. The van der Waals surface area contributed by atoms with Gasteiger partial charge in [0.05, 0.1) is 6.20 Å². The zero-order chi connectivity index (χ0) is 23.6. The lowest BCUT2D eigenvalue weighted by molar-refractivity contribution is 0.111. The molecule has 1 fully saturated rings. The van der Waals surface area contributed by atoms with E-state index < -0.39 is 0 Å². The summed E-state index contributed by atoms with van der Waals surface area (Å²) in [6, 6.07) is 19.4. The molecular formula is C28H32N4O2. The Labute approximate surface area is 201 Å². The molecule has 2 aromatic heterocycles. The van der Waals surface area contributed by atoms with Gasteiger partial charge in [0.25, 0.3) is 0 Å². The highest BCUT2D eigenvalue weighted by atomic mass is 16.5. The van der Waals surface area contributed by atoms with Gasteiger partial charge in [0.1, 0.15) is 18.1 Å². The third-order valence-corrected chi connectivity index (χ3v) is 6.00. The predicted octanol–water partition coefficient (Wildman–Crippen LogP) is 5.67. The zero-order valence-corrected chi connectivity index (χ0v) is 19.8. The fourth-order valence-electron chi connectivity index (χ4n) is 4.03. The molecule has 0 bridgehead atoms. The summed E-state index contributed by atoms with van der Waals surface area (Å²) in [7, 11) is 2.23. The van der Waals surface area contributed by atoms with Crippen molar-refractivity contribution in [2.75, 3.05) is 20.1 Å². The van der Waals surface area contributed by atoms with Crippen LogP contribution in [0, 0.1) is 0 Å². The monoisotopic (exact) mass is 456 g/mol. The minimum atomic E-state index is 0.386. The summed E-state index contributed by atoms with van der Waals surface area (Å²) in [5.41, 5.74) is 4.01. The highest BCUT2D eigenvalue weighted by molar-refractivity contribution is 5.80. The molecule has 6 nitrogen and oxygen atoms in total. The summed E-state index contributed by atoms with van der Waals surface area (Å²) in [4.78, 5) is 17.7. The zero-order valence-electron chi connectivity index (χ0n) is 19.8. The topological polar surface area (TPSA) is 59.7 Å². The number of hydrogen-bond acceptors (Lipinski definition) is 5. The Kier molecular flexibility index (Phi) is 8.41. The molecule has 1 aliphatic rings. The third kappa shape index (κ3) is 6.51. The Hall–Kier alpha value is -3.51. The second-order valence-corrected chi connectivity index (χ2v) is 8.67. The van der Waals surface area contributed by atoms with Gasteiger partial charge in [-0.25, -0.2) is 9.50 Å². The molecule has 0 aliphatic carbocycles. The van der Waals surface area contributed by atoms with Gasteiger partial charge in [-0.3, -0.25) is 4.79 Å². The van der Waals surface area contributed by atoms with Crippen LogP contribution in [-0.4, -0.2) is 45.9 Å². The van der Waals surface area contributed by atoms with Gasteiger partial charge in [-0.15, -0.1) is 0 Å². The molecule has 34 heavy (non-hydrogen) atoms. The lowest BCUT2D eigenvalue weighted by atomic mass is 10.1. The normalized spacial score (nSPS) is 14.5. The standard InChI is InChI=1S/C20H15N3O2.C8H17N/c24-13-17-10-11-23-20(22-17)19(12-21-23)16-6-8-18(9-7-16)25-14-15-4-2-1-3-5-15;1-9-7-5-3-2-4-6-8-9/h1-13H,14H2;2-8H2,1H3. The van der Waals surface area contributed by atoms with E-state index in [0.29, 0.717) is 17.9 Å². The number of carbonyl (C=O) groups is 1. The average Bonchev–Trinajstić information content (AvgIpc) is 3.29. The van der Waals surface area contributed by atoms with Crippen molar-refractivity contribution in [1.29, 1.82) is 0 Å². The van der Waals surface area contributed by atoms with Crippen LogP contribution in [0.25, 0.3) is 16.8 Å². The molecule has 0 saturated carbocycles. The van der Waals surface area contributed by atoms with Crippen molar-refractivity contribution in [3.05, 3.63) is 84.3 Å². The fraction of sp³-hybridized carbons (Fsp3) is 0.321. The molecule has 0 amide bonds. The fourth-order valence-corrected chi connectivity index (χ4v) is 4.03. The Morgan fingerprint density at radius 1 is 0.912 bits per heavy atom. The van der Waals surface area contributed by atoms with E-state index in [1.54, 1.807) is 23.0 Å². The van der Waals surface area contributed by atoms with Crippen molar-refractivity contribution in [2.24, 2.45) is 0 Å². The van der Waals surface area contributed by atoms with E-state index in [1.807, 2.05) is 54.6 Å². The Bertz CT molecular complexity index is 1160. The number of nitrogens with zero attached hydrogens (tertiary/aromatic N) is 4. The molecule has 4 aromatic rings. The van der Waals surface area contributed by atoms with Crippen molar-refractivity contribution in [3.63, 3.8) is 0 Å². The van der Waals surface area contributed by atoms with Gasteiger partial charge in [0.2, 0.25) is 0 Å². The predicted molar refractivity (Wildman–Crippen MR) is 135 cm³/mol. The van der Waals surface area contributed by atoms with E-state index in [4.69, 9.17) is 4.74 Å². The van der Waals surface area contributed by atoms with Crippen molar-refractivity contribution in [3.8, 4) is 16.9 Å². The molecule has 3 heterocycles. The molecule has 0 unspecified atom stereocenters.